The molecule has 0 aromatic heterocycles. The molecule has 3 N–H and O–H groups in total. The molecule has 0 radical (unpaired) electrons. The van der Waals surface area contributed by atoms with Gasteiger partial charge in [0.25, 0.3) is 0 Å². The maximum Gasteiger partial charge on any atom is 0.303 e. The van der Waals surface area contributed by atoms with Crippen molar-refractivity contribution in [1.29, 1.82) is 0 Å². The number of hydrogen-bond acceptors (Lipinski definition) is 3. The van der Waals surface area contributed by atoms with E-state index < -0.39 is 5.97 Å². The van der Waals surface area contributed by atoms with E-state index in [0.717, 1.165) is 30.8 Å². The van der Waals surface area contributed by atoms with Gasteiger partial charge in [-0.05, 0) is 36.6 Å². The van der Waals surface area contributed by atoms with Gasteiger partial charge in [0.05, 0.1) is 6.42 Å². The number of amides is 1. The smallest absolute Gasteiger partial charge is 0.303 e. The van der Waals surface area contributed by atoms with Crippen LogP contribution in [0.25, 0.3) is 0 Å². The van der Waals surface area contributed by atoms with Crippen molar-refractivity contribution in [2.24, 2.45) is 0 Å². The number of benzene rings is 1. The zero-order chi connectivity index (χ0) is 13.0. The van der Waals surface area contributed by atoms with E-state index in [1.807, 2.05) is 18.2 Å². The van der Waals surface area contributed by atoms with E-state index in [1.165, 1.54) is 5.56 Å². The van der Waals surface area contributed by atoms with Crippen molar-refractivity contribution >= 4 is 23.3 Å². The third-order valence-electron chi connectivity index (χ3n) is 2.89. The monoisotopic (exact) mass is 248 g/mol. The summed E-state index contributed by atoms with van der Waals surface area (Å²) < 4.78 is 0. The lowest BCUT2D eigenvalue weighted by atomic mass is 10.0. The molecule has 1 aromatic rings. The van der Waals surface area contributed by atoms with E-state index in [2.05, 4.69) is 10.6 Å². The first-order valence-electron chi connectivity index (χ1n) is 6.03. The largest absolute Gasteiger partial charge is 0.481 e. The Hall–Kier alpha value is -2.04. The maximum atomic E-state index is 11.5. The van der Waals surface area contributed by atoms with Gasteiger partial charge in [-0.1, -0.05) is 0 Å². The first-order chi connectivity index (χ1) is 8.65. The van der Waals surface area contributed by atoms with Crippen LogP contribution in [0.5, 0.6) is 0 Å². The molecule has 0 fully saturated rings. The Labute approximate surface area is 105 Å². The summed E-state index contributed by atoms with van der Waals surface area (Å²) >= 11 is 0. The van der Waals surface area contributed by atoms with Crippen LogP contribution in [0.1, 0.15) is 24.8 Å². The van der Waals surface area contributed by atoms with E-state index in [-0.39, 0.29) is 18.7 Å². The number of rotatable bonds is 4. The molecule has 1 aliphatic rings. The van der Waals surface area contributed by atoms with Crippen LogP contribution in [0.3, 0.4) is 0 Å². The number of carbonyl (C=O) groups excluding carboxylic acids is 1. The lowest BCUT2D eigenvalue weighted by molar-refractivity contribution is -0.138. The average molecular weight is 248 g/mol. The van der Waals surface area contributed by atoms with Crippen LogP contribution in [-0.4, -0.2) is 23.5 Å². The summed E-state index contributed by atoms with van der Waals surface area (Å²) in [5.74, 6) is -1.22. The number of aryl methyl sites for hydroxylation is 1. The van der Waals surface area contributed by atoms with Gasteiger partial charge in [-0.3, -0.25) is 9.59 Å². The Morgan fingerprint density at radius 1 is 1.33 bits per heavy atom. The molecular weight excluding hydrogens is 232 g/mol. The van der Waals surface area contributed by atoms with Crippen molar-refractivity contribution in [3.05, 3.63) is 23.8 Å². The number of carbonyl (C=O) groups is 2. The zero-order valence-corrected chi connectivity index (χ0v) is 10.0. The number of nitrogens with one attached hydrogen (secondary N) is 2. The SMILES string of the molecule is O=C(O)CCC(=O)Nc1ccc2c(c1)CCCN2. The van der Waals surface area contributed by atoms with E-state index in [1.54, 1.807) is 0 Å². The summed E-state index contributed by atoms with van der Waals surface area (Å²) in [6.07, 6.45) is 1.95. The third-order valence-corrected chi connectivity index (χ3v) is 2.89. The second-order valence-electron chi connectivity index (χ2n) is 4.34. The molecule has 5 nitrogen and oxygen atoms in total. The number of carboxylic acid groups (broad SMARTS) is 1. The summed E-state index contributed by atoms with van der Waals surface area (Å²) in [6.45, 7) is 0.983. The van der Waals surface area contributed by atoms with Crippen molar-refractivity contribution < 1.29 is 14.7 Å². The molecule has 96 valence electrons. The molecule has 0 bridgehead atoms. The Morgan fingerprint density at radius 2 is 2.17 bits per heavy atom. The maximum absolute atomic E-state index is 11.5. The fourth-order valence-electron chi connectivity index (χ4n) is 2.00. The highest BCUT2D eigenvalue weighted by molar-refractivity contribution is 5.92. The normalized spacial score (nSPS) is 13.3. The molecule has 1 aromatic carbocycles. The summed E-state index contributed by atoms with van der Waals surface area (Å²) in [6, 6.07) is 5.72. The van der Waals surface area contributed by atoms with E-state index >= 15 is 0 Å². The first-order valence-corrected chi connectivity index (χ1v) is 6.03. The van der Waals surface area contributed by atoms with Gasteiger partial charge >= 0.3 is 5.97 Å². The van der Waals surface area contributed by atoms with E-state index in [0.29, 0.717) is 0 Å². The van der Waals surface area contributed by atoms with E-state index in [4.69, 9.17) is 5.11 Å². The predicted octanol–water partition coefficient (Wildman–Crippen LogP) is 1.85. The molecule has 1 heterocycles. The fourth-order valence-corrected chi connectivity index (χ4v) is 2.00. The molecule has 2 rings (SSSR count). The standard InChI is InChI=1S/C13H16N2O3/c16-12(5-6-13(17)18)15-10-3-4-11-9(8-10)2-1-7-14-11/h3-4,8,14H,1-2,5-7H2,(H,15,16)(H,17,18). The molecule has 18 heavy (non-hydrogen) atoms. The predicted molar refractivity (Wildman–Crippen MR) is 68.8 cm³/mol. The molecule has 5 heteroatoms. The molecule has 0 atom stereocenters. The zero-order valence-electron chi connectivity index (χ0n) is 10.0. The molecule has 0 saturated carbocycles. The van der Waals surface area contributed by atoms with Crippen molar-refractivity contribution in [3.8, 4) is 0 Å². The van der Waals surface area contributed by atoms with Crippen molar-refractivity contribution in [2.45, 2.75) is 25.7 Å². The van der Waals surface area contributed by atoms with Crippen LogP contribution in [0, 0.1) is 0 Å². The Bertz CT molecular complexity index is 471. The Kier molecular flexibility index (Phi) is 3.82. The van der Waals surface area contributed by atoms with Crippen LogP contribution < -0.4 is 10.6 Å². The summed E-state index contributed by atoms with van der Waals surface area (Å²) in [5.41, 5.74) is 3.04. The van der Waals surface area contributed by atoms with Crippen molar-refractivity contribution in [2.75, 3.05) is 17.2 Å². The Morgan fingerprint density at radius 3 is 2.94 bits per heavy atom. The summed E-state index contributed by atoms with van der Waals surface area (Å²) in [4.78, 5) is 21.9. The van der Waals surface area contributed by atoms with Gasteiger partial charge < -0.3 is 15.7 Å². The van der Waals surface area contributed by atoms with Gasteiger partial charge in [-0.15, -0.1) is 0 Å². The number of hydrogen-bond donors (Lipinski definition) is 3. The van der Waals surface area contributed by atoms with Crippen molar-refractivity contribution in [1.82, 2.24) is 0 Å². The average Bonchev–Trinajstić information content (AvgIpc) is 2.36. The lowest BCUT2D eigenvalue weighted by Gasteiger charge is -2.18. The lowest BCUT2D eigenvalue weighted by Crippen LogP contribution is -2.15. The van der Waals surface area contributed by atoms with Crippen LogP contribution in [0.4, 0.5) is 11.4 Å². The number of fused-ring (bicyclic) bond motifs is 1. The van der Waals surface area contributed by atoms with Gasteiger partial charge in [0.15, 0.2) is 0 Å². The second kappa shape index (κ2) is 5.53. The second-order valence-corrected chi connectivity index (χ2v) is 4.34. The van der Waals surface area contributed by atoms with E-state index in [9.17, 15) is 9.59 Å². The van der Waals surface area contributed by atoms with Gasteiger partial charge in [-0.2, -0.15) is 0 Å². The minimum atomic E-state index is -0.959. The fraction of sp³-hybridized carbons (Fsp3) is 0.385. The molecule has 0 saturated heterocycles. The first kappa shape index (κ1) is 12.4. The third kappa shape index (κ3) is 3.23. The number of anilines is 2. The van der Waals surface area contributed by atoms with Crippen LogP contribution in [-0.2, 0) is 16.0 Å². The van der Waals surface area contributed by atoms with Crippen molar-refractivity contribution in [3.63, 3.8) is 0 Å². The topological polar surface area (TPSA) is 78.4 Å². The molecule has 0 aliphatic carbocycles. The minimum absolute atomic E-state index is 0.00463. The Balaban J connectivity index is 1.97. The molecule has 0 spiro atoms. The minimum Gasteiger partial charge on any atom is -0.481 e. The van der Waals surface area contributed by atoms with Crippen LogP contribution in [0.15, 0.2) is 18.2 Å². The number of aliphatic carboxylic acids is 1. The highest BCUT2D eigenvalue weighted by Gasteiger charge is 2.10. The van der Waals surface area contributed by atoms with Crippen LogP contribution in [0.2, 0.25) is 0 Å². The molecule has 1 amide bonds. The van der Waals surface area contributed by atoms with Gasteiger partial charge in [-0.25, -0.2) is 0 Å². The summed E-state index contributed by atoms with van der Waals surface area (Å²) in [7, 11) is 0. The van der Waals surface area contributed by atoms with Crippen LogP contribution >= 0.6 is 0 Å². The van der Waals surface area contributed by atoms with Gasteiger partial charge in [0.1, 0.15) is 0 Å². The highest BCUT2D eigenvalue weighted by Crippen LogP contribution is 2.25. The molecule has 1 aliphatic heterocycles. The molecule has 0 unspecified atom stereocenters. The quantitative estimate of drug-likeness (QED) is 0.759. The van der Waals surface area contributed by atoms with Gasteiger partial charge in [0, 0.05) is 24.3 Å². The highest BCUT2D eigenvalue weighted by atomic mass is 16.4. The molecular formula is C13H16N2O3. The summed E-state index contributed by atoms with van der Waals surface area (Å²) in [5, 5.41) is 14.5. The number of carboxylic acids is 1. The van der Waals surface area contributed by atoms with Gasteiger partial charge in [0.2, 0.25) is 5.91 Å².